The summed E-state index contributed by atoms with van der Waals surface area (Å²) >= 11 is 5.24. The number of thiol groups is 2. The van der Waals surface area contributed by atoms with Crippen LogP contribution in [0.2, 0.25) is 0 Å². The van der Waals surface area contributed by atoms with Gasteiger partial charge in [-0.2, -0.15) is 0 Å². The van der Waals surface area contributed by atoms with E-state index in [1.807, 2.05) is 0 Å². The summed E-state index contributed by atoms with van der Waals surface area (Å²) in [6.07, 6.45) is 0. The second-order valence-corrected chi connectivity index (χ2v) is 6.20. The van der Waals surface area contributed by atoms with Crippen molar-refractivity contribution in [2.75, 3.05) is 18.1 Å². The van der Waals surface area contributed by atoms with Crippen molar-refractivity contribution >= 4 is 45.7 Å². The molecule has 19 heavy (non-hydrogen) atoms. The molecule has 0 unspecified atom stereocenters. The molecule has 0 aliphatic carbocycles. The molecule has 0 saturated carbocycles. The molecule has 0 spiro atoms. The van der Waals surface area contributed by atoms with Gasteiger partial charge in [0.05, 0.1) is 0 Å². The van der Waals surface area contributed by atoms with E-state index in [-0.39, 0.29) is 18.1 Å². The number of amides is 4. The Balaban J connectivity index is 3.61. The van der Waals surface area contributed by atoms with Crippen molar-refractivity contribution in [1.82, 2.24) is 21.7 Å². The van der Waals surface area contributed by atoms with Crippen LogP contribution in [0, 0.1) is 0 Å². The summed E-state index contributed by atoms with van der Waals surface area (Å²) in [5.74, 6) is -1.63. The maximum absolute atomic E-state index is 11.2. The molecule has 0 saturated heterocycles. The molecular weight excluding hydrogens is 373 g/mol. The topological polar surface area (TPSA) is 126 Å². The van der Waals surface area contributed by atoms with E-state index in [0.29, 0.717) is 0 Å². The van der Waals surface area contributed by atoms with Crippen molar-refractivity contribution in [2.24, 2.45) is 0 Å². The van der Waals surface area contributed by atoms with E-state index in [1.165, 1.54) is 0 Å². The van der Waals surface area contributed by atoms with Gasteiger partial charge in [0, 0.05) is 0 Å². The van der Waals surface area contributed by atoms with E-state index in [1.54, 1.807) is 0 Å². The molecule has 0 aliphatic rings. The van der Waals surface area contributed by atoms with Crippen LogP contribution in [-0.2, 0) is 46.1 Å². The molecule has 0 aliphatic heterocycles. The van der Waals surface area contributed by atoms with Gasteiger partial charge in [-0.3, -0.25) is 0 Å². The molecule has 0 rings (SSSR count). The molecule has 0 atom stereocenters. The Hall–Kier alpha value is -0.356. The van der Waals surface area contributed by atoms with Gasteiger partial charge < -0.3 is 0 Å². The van der Waals surface area contributed by atoms with E-state index in [0.717, 1.165) is 0 Å². The number of hydrazine groups is 2. The SMILES string of the molecule is O=C(CS)NNC(=O)C[O][Y][C](=O)NNC(=O)CS. The van der Waals surface area contributed by atoms with Crippen LogP contribution in [0.25, 0.3) is 0 Å². The number of nitrogens with one attached hydrogen (secondary N) is 4. The minimum atomic E-state index is -2.14. The molecule has 9 nitrogen and oxygen atoms in total. The van der Waals surface area contributed by atoms with Crippen LogP contribution >= 0.6 is 25.3 Å². The molecule has 105 valence electrons. The molecular formula is C7H12N4O5S2Y. The summed E-state index contributed by atoms with van der Waals surface area (Å²) in [5.41, 5.74) is 8.38. The molecule has 12 heteroatoms. The van der Waals surface area contributed by atoms with Gasteiger partial charge in [-0.15, -0.1) is 0 Å². The molecule has 0 radical (unpaired) electrons. The third-order valence-corrected chi connectivity index (χ3v) is 3.63. The summed E-state index contributed by atoms with van der Waals surface area (Å²) in [5, 5.41) is 0. The first-order valence-electron chi connectivity index (χ1n) is 4.82. The molecule has 0 fully saturated rings. The van der Waals surface area contributed by atoms with E-state index < -0.39 is 50.1 Å². The molecule has 0 heterocycles. The predicted octanol–water partition coefficient (Wildman–Crippen LogP) is -2.25. The van der Waals surface area contributed by atoms with Crippen LogP contribution in [0.3, 0.4) is 0 Å². The Morgan fingerprint density at radius 1 is 0.842 bits per heavy atom. The second kappa shape index (κ2) is 11.5. The van der Waals surface area contributed by atoms with Crippen molar-refractivity contribution in [1.29, 1.82) is 0 Å². The van der Waals surface area contributed by atoms with Crippen LogP contribution in [0.4, 0.5) is 4.79 Å². The van der Waals surface area contributed by atoms with Crippen LogP contribution in [0.15, 0.2) is 0 Å². The van der Waals surface area contributed by atoms with E-state index in [2.05, 4.69) is 47.0 Å². The molecule has 4 N–H and O–H groups in total. The van der Waals surface area contributed by atoms with Gasteiger partial charge in [-0.05, 0) is 0 Å². The number of hydrogen-bond acceptors (Lipinski definition) is 7. The van der Waals surface area contributed by atoms with Gasteiger partial charge in [0.2, 0.25) is 0 Å². The van der Waals surface area contributed by atoms with Crippen LogP contribution in [0.5, 0.6) is 0 Å². The van der Waals surface area contributed by atoms with Crippen molar-refractivity contribution in [2.45, 2.75) is 0 Å². The van der Waals surface area contributed by atoms with Gasteiger partial charge in [0.25, 0.3) is 0 Å². The average Bonchev–Trinajstić information content (AvgIpc) is 2.41. The Bertz CT molecular complexity index is 324. The fourth-order valence-corrected chi connectivity index (χ4v) is 2.04. The average molecular weight is 385 g/mol. The third kappa shape index (κ3) is 11.2. The Labute approximate surface area is 135 Å². The molecule has 0 bridgehead atoms. The van der Waals surface area contributed by atoms with Crippen molar-refractivity contribution in [3.05, 3.63) is 0 Å². The maximum atomic E-state index is 11.2. The normalized spacial score (nSPS) is 8.95. The summed E-state index contributed by atoms with van der Waals surface area (Å²) < 4.78 is 4.47. The Morgan fingerprint density at radius 2 is 1.32 bits per heavy atom. The van der Waals surface area contributed by atoms with E-state index in [9.17, 15) is 19.2 Å². The number of carbonyl (C=O) groups excluding carboxylic acids is 4. The third-order valence-electron chi connectivity index (χ3n) is 1.36. The van der Waals surface area contributed by atoms with Gasteiger partial charge >= 0.3 is 136 Å². The Morgan fingerprint density at radius 3 is 1.84 bits per heavy atom. The van der Waals surface area contributed by atoms with Gasteiger partial charge in [-0.25, -0.2) is 0 Å². The molecule has 4 amide bonds. The molecule has 0 aromatic heterocycles. The zero-order valence-corrected chi connectivity index (χ0v) is 14.3. The number of hydrogen-bond donors (Lipinski definition) is 6. The zero-order chi connectivity index (χ0) is 14.7. The van der Waals surface area contributed by atoms with E-state index in [4.69, 9.17) is 2.05 Å². The van der Waals surface area contributed by atoms with Gasteiger partial charge in [0.1, 0.15) is 0 Å². The zero-order valence-electron chi connectivity index (χ0n) is 9.63. The first-order valence-corrected chi connectivity index (χ1v) is 8.67. The van der Waals surface area contributed by atoms with Crippen LogP contribution in [0.1, 0.15) is 0 Å². The summed E-state index contributed by atoms with van der Waals surface area (Å²) in [4.78, 5) is 43.7. The summed E-state index contributed by atoms with van der Waals surface area (Å²) in [6, 6.07) is 0. The Kier molecular flexibility index (Phi) is 11.3. The van der Waals surface area contributed by atoms with Crippen molar-refractivity contribution < 1.29 is 50.9 Å². The predicted molar refractivity (Wildman–Crippen MR) is 66.6 cm³/mol. The first kappa shape index (κ1) is 18.6. The standard InChI is InChI=1S/C4H7N2O3S.C3H5N2O2S.Y/c7-1-3(8)5-6-4(9)2-10;6-2-4-5-3(7)1-8;/h10H,1-2H2,(H,5,8)(H,6,9);8H,1H2,(H,4,6)(H,5,7);/q-1;;+1. The van der Waals surface area contributed by atoms with E-state index >= 15 is 0 Å². The summed E-state index contributed by atoms with van der Waals surface area (Å²) in [7, 11) is 0. The van der Waals surface area contributed by atoms with Crippen molar-refractivity contribution in [3.8, 4) is 0 Å². The summed E-state index contributed by atoms with van der Waals surface area (Å²) in [6.45, 7) is -0.345. The quantitative estimate of drug-likeness (QED) is 0.228. The number of rotatable bonds is 6. The van der Waals surface area contributed by atoms with Crippen molar-refractivity contribution in [3.63, 3.8) is 0 Å². The molecule has 0 aromatic carbocycles. The number of carbonyl (C=O) groups is 4. The minimum absolute atomic E-state index is 0.0539. The first-order chi connectivity index (χ1) is 8.99. The fourth-order valence-electron chi connectivity index (χ4n) is 0.608. The van der Waals surface area contributed by atoms with Gasteiger partial charge in [-0.1, -0.05) is 0 Å². The molecule has 0 aromatic rings. The van der Waals surface area contributed by atoms with Gasteiger partial charge in [0.15, 0.2) is 0 Å². The fraction of sp³-hybridized carbons (Fsp3) is 0.429. The monoisotopic (exact) mass is 385 g/mol. The van der Waals surface area contributed by atoms with Crippen LogP contribution < -0.4 is 21.7 Å². The van der Waals surface area contributed by atoms with Crippen LogP contribution in [-0.4, -0.2) is 38.6 Å². The second-order valence-electron chi connectivity index (χ2n) is 2.88.